The van der Waals surface area contributed by atoms with Crippen LogP contribution >= 0.6 is 0 Å². The van der Waals surface area contributed by atoms with Gasteiger partial charge in [-0.2, -0.15) is 0 Å². The van der Waals surface area contributed by atoms with Crippen LogP contribution in [-0.4, -0.2) is 25.1 Å². The molecule has 0 fully saturated rings. The molecule has 2 aliphatic rings. The smallest absolute Gasteiger partial charge is 0.181 e. The topological polar surface area (TPSA) is 55.8 Å². The molecule has 1 N–H and O–H groups in total. The van der Waals surface area contributed by atoms with E-state index in [1.54, 1.807) is 33.3 Å². The van der Waals surface area contributed by atoms with Crippen LogP contribution in [0, 0.1) is 0 Å². The van der Waals surface area contributed by atoms with Gasteiger partial charge in [-0.3, -0.25) is 4.79 Å². The molecule has 0 heterocycles. The molecule has 0 unspecified atom stereocenters. The van der Waals surface area contributed by atoms with Crippen molar-refractivity contribution in [2.75, 3.05) is 14.2 Å². The summed E-state index contributed by atoms with van der Waals surface area (Å²) in [6, 6.07) is 1.80. The Morgan fingerprint density at radius 1 is 1.33 bits per heavy atom. The van der Waals surface area contributed by atoms with E-state index in [9.17, 15) is 9.90 Å². The highest BCUT2D eigenvalue weighted by Gasteiger charge is 2.48. The Bertz CT molecular complexity index is 829. The number of hydrogen-bond acceptors (Lipinski definition) is 4. The molecule has 0 radical (unpaired) electrons. The summed E-state index contributed by atoms with van der Waals surface area (Å²) in [5, 5.41) is 10.9. The van der Waals surface area contributed by atoms with Gasteiger partial charge in [0.1, 0.15) is 6.10 Å². The fourth-order valence-electron chi connectivity index (χ4n) is 4.04. The minimum absolute atomic E-state index is 0.0647. The number of fused-ring (bicyclic) bond motifs is 3. The molecule has 2 aliphatic carbocycles. The van der Waals surface area contributed by atoms with Crippen molar-refractivity contribution in [2.45, 2.75) is 32.3 Å². The summed E-state index contributed by atoms with van der Waals surface area (Å²) in [4.78, 5) is 12.1. The van der Waals surface area contributed by atoms with Crippen molar-refractivity contribution in [3.63, 3.8) is 0 Å². The van der Waals surface area contributed by atoms with E-state index in [4.69, 9.17) is 9.47 Å². The van der Waals surface area contributed by atoms with Crippen molar-refractivity contribution in [3.8, 4) is 11.5 Å². The third kappa shape index (κ3) is 1.93. The maximum atomic E-state index is 12.1. The second-order valence-electron chi connectivity index (χ2n) is 6.57. The first-order valence-electron chi connectivity index (χ1n) is 7.86. The van der Waals surface area contributed by atoms with Crippen LogP contribution in [0.25, 0.3) is 5.57 Å². The van der Waals surface area contributed by atoms with Gasteiger partial charge >= 0.3 is 0 Å². The monoisotopic (exact) mass is 326 g/mol. The molecule has 0 saturated carbocycles. The number of carbonyl (C=O) groups is 1. The lowest BCUT2D eigenvalue weighted by atomic mass is 9.72. The van der Waals surface area contributed by atoms with E-state index < -0.39 is 11.5 Å². The van der Waals surface area contributed by atoms with Gasteiger partial charge in [-0.1, -0.05) is 12.7 Å². The summed E-state index contributed by atoms with van der Waals surface area (Å²) in [5.74, 6) is 1.08. The third-order valence-electron chi connectivity index (χ3n) is 5.12. The van der Waals surface area contributed by atoms with Crippen molar-refractivity contribution in [1.29, 1.82) is 0 Å². The number of aliphatic hydroxyl groups excluding tert-OH is 1. The zero-order valence-electron chi connectivity index (χ0n) is 14.7. The fourth-order valence-corrected chi connectivity index (χ4v) is 4.04. The lowest BCUT2D eigenvalue weighted by Crippen LogP contribution is -2.26. The van der Waals surface area contributed by atoms with Crippen LogP contribution in [0.5, 0.6) is 11.5 Å². The van der Waals surface area contributed by atoms with Crippen LogP contribution in [-0.2, 0) is 10.2 Å². The lowest BCUT2D eigenvalue weighted by Gasteiger charge is -2.31. The summed E-state index contributed by atoms with van der Waals surface area (Å²) in [6.45, 7) is 9.78. The van der Waals surface area contributed by atoms with E-state index in [1.807, 2.05) is 19.9 Å². The van der Waals surface area contributed by atoms with Crippen LogP contribution in [0.15, 0.2) is 35.9 Å². The fraction of sp³-hybridized carbons (Fsp3) is 0.350. The molecule has 4 nitrogen and oxygen atoms in total. The summed E-state index contributed by atoms with van der Waals surface area (Å²) in [6.07, 6.45) is 2.60. The van der Waals surface area contributed by atoms with E-state index in [0.717, 1.165) is 27.8 Å². The molecule has 2 atom stereocenters. The first kappa shape index (κ1) is 16.5. The molecule has 0 aliphatic heterocycles. The third-order valence-corrected chi connectivity index (χ3v) is 5.12. The summed E-state index contributed by atoms with van der Waals surface area (Å²) in [7, 11) is 3.16. The number of allylic oxidation sites excluding steroid dienone is 4. The number of aliphatic hydroxyl groups is 1. The number of carbonyl (C=O) groups excluding carboxylic acids is 1. The Kier molecular flexibility index (Phi) is 3.68. The van der Waals surface area contributed by atoms with Gasteiger partial charge in [-0.05, 0) is 60.8 Å². The molecule has 4 heteroatoms. The predicted molar refractivity (Wildman–Crippen MR) is 93.4 cm³/mol. The van der Waals surface area contributed by atoms with E-state index >= 15 is 0 Å². The van der Waals surface area contributed by atoms with Crippen molar-refractivity contribution in [2.24, 2.45) is 0 Å². The number of benzene rings is 1. The van der Waals surface area contributed by atoms with Gasteiger partial charge in [0, 0.05) is 11.0 Å². The van der Waals surface area contributed by atoms with Crippen LogP contribution < -0.4 is 9.47 Å². The van der Waals surface area contributed by atoms with Gasteiger partial charge in [-0.25, -0.2) is 0 Å². The first-order chi connectivity index (χ1) is 11.3. The normalized spacial score (nSPS) is 24.8. The molecule has 0 spiro atoms. The molecule has 1 aromatic rings. The van der Waals surface area contributed by atoms with Crippen molar-refractivity contribution in [3.05, 3.63) is 52.6 Å². The number of ketones is 1. The van der Waals surface area contributed by atoms with Gasteiger partial charge in [0.15, 0.2) is 17.3 Å². The molecule has 0 bridgehead atoms. The number of methoxy groups -OCH3 is 2. The Balaban J connectivity index is 2.46. The molecule has 0 saturated heterocycles. The highest BCUT2D eigenvalue weighted by Crippen LogP contribution is 2.58. The maximum Gasteiger partial charge on any atom is 0.181 e. The first-order valence-corrected chi connectivity index (χ1v) is 7.86. The Hall–Kier alpha value is -2.33. The van der Waals surface area contributed by atoms with Gasteiger partial charge in [0.2, 0.25) is 0 Å². The van der Waals surface area contributed by atoms with E-state index in [2.05, 4.69) is 6.58 Å². The lowest BCUT2D eigenvalue weighted by molar-refractivity contribution is -0.111. The zero-order valence-corrected chi connectivity index (χ0v) is 14.7. The van der Waals surface area contributed by atoms with Crippen LogP contribution in [0.2, 0.25) is 0 Å². The van der Waals surface area contributed by atoms with Gasteiger partial charge in [0.25, 0.3) is 0 Å². The average Bonchev–Trinajstić information content (AvgIpc) is 2.77. The quantitative estimate of drug-likeness (QED) is 0.924. The molecule has 0 aromatic heterocycles. The zero-order chi connectivity index (χ0) is 17.8. The highest BCUT2D eigenvalue weighted by atomic mass is 16.5. The largest absolute Gasteiger partial charge is 0.493 e. The van der Waals surface area contributed by atoms with Gasteiger partial charge < -0.3 is 14.6 Å². The highest BCUT2D eigenvalue weighted by molar-refractivity contribution is 6.06. The summed E-state index contributed by atoms with van der Waals surface area (Å²) in [5.41, 5.74) is 4.06. The van der Waals surface area contributed by atoms with Crippen molar-refractivity contribution < 1.29 is 19.4 Å². The van der Waals surface area contributed by atoms with Crippen LogP contribution in [0.1, 0.15) is 43.6 Å². The molecule has 24 heavy (non-hydrogen) atoms. The van der Waals surface area contributed by atoms with Gasteiger partial charge in [0.05, 0.1) is 14.2 Å². The SMILES string of the molecule is C=C(C)c1c(OC)c(OC)cc2c1[C@]1(C)C=CC(=O)C(C)=C1[C@H]2O. The molecule has 1 aromatic carbocycles. The molecular formula is C20H22O4. The second kappa shape index (κ2) is 5.35. The second-order valence-corrected chi connectivity index (χ2v) is 6.57. The van der Waals surface area contributed by atoms with Crippen molar-refractivity contribution >= 4 is 11.4 Å². The van der Waals surface area contributed by atoms with Crippen LogP contribution in [0.4, 0.5) is 0 Å². The minimum Gasteiger partial charge on any atom is -0.493 e. The summed E-state index contributed by atoms with van der Waals surface area (Å²) >= 11 is 0. The van der Waals surface area contributed by atoms with Gasteiger partial charge in [-0.15, -0.1) is 0 Å². The molecule has 126 valence electrons. The molecule has 0 amide bonds. The Morgan fingerprint density at radius 3 is 2.54 bits per heavy atom. The predicted octanol–water partition coefficient (Wildman–Crippen LogP) is 3.50. The number of rotatable bonds is 3. The number of hydrogen-bond donors (Lipinski definition) is 1. The summed E-state index contributed by atoms with van der Waals surface area (Å²) < 4.78 is 11.0. The number of ether oxygens (including phenoxy) is 2. The van der Waals surface area contributed by atoms with E-state index in [-0.39, 0.29) is 5.78 Å². The average molecular weight is 326 g/mol. The molecular weight excluding hydrogens is 304 g/mol. The molecule has 3 rings (SSSR count). The maximum absolute atomic E-state index is 12.1. The minimum atomic E-state index is -0.850. The van der Waals surface area contributed by atoms with Crippen molar-refractivity contribution in [1.82, 2.24) is 0 Å². The van der Waals surface area contributed by atoms with Crippen LogP contribution in [0.3, 0.4) is 0 Å². The van der Waals surface area contributed by atoms with E-state index in [1.165, 1.54) is 0 Å². The Morgan fingerprint density at radius 2 is 2.00 bits per heavy atom. The Labute approximate surface area is 142 Å². The van der Waals surface area contributed by atoms with E-state index in [0.29, 0.717) is 17.1 Å². The standard InChI is InChI=1S/C20H22O4/c1-10(2)15-17-12(9-14(23-5)19(15)24-6)18(22)16-11(3)13(21)7-8-20(16,17)4/h7-9,18,22H,1H2,2-6H3/t18-,20+/m0/s1.